The van der Waals surface area contributed by atoms with E-state index < -0.39 is 0 Å². The van der Waals surface area contributed by atoms with Gasteiger partial charge in [-0.15, -0.1) is 0 Å². The van der Waals surface area contributed by atoms with E-state index in [0.29, 0.717) is 40.3 Å². The second-order valence-corrected chi connectivity index (χ2v) is 6.70. The molecule has 7 heteroatoms. The Bertz CT molecular complexity index is 531. The second-order valence-electron chi connectivity index (χ2n) is 4.58. The molecule has 0 saturated heterocycles. The van der Waals surface area contributed by atoms with Gasteiger partial charge in [0.2, 0.25) is 0 Å². The van der Waals surface area contributed by atoms with Gasteiger partial charge in [-0.25, -0.2) is 0 Å². The number of nitrogens with zero attached hydrogens (tertiary/aromatic N) is 1. The van der Waals surface area contributed by atoms with Gasteiger partial charge >= 0.3 is 0 Å². The predicted octanol–water partition coefficient (Wildman–Crippen LogP) is 5.29. The molecule has 122 valence electrons. The third kappa shape index (κ3) is 7.38. The monoisotopic (exact) mass is 409 g/mol. The van der Waals surface area contributed by atoms with Crippen molar-refractivity contribution in [3.8, 4) is 11.5 Å². The van der Waals surface area contributed by atoms with E-state index in [0.717, 1.165) is 11.3 Å². The van der Waals surface area contributed by atoms with Crippen molar-refractivity contribution in [2.45, 2.75) is 20.8 Å². The summed E-state index contributed by atoms with van der Waals surface area (Å²) in [5.41, 5.74) is 1.74. The zero-order valence-corrected chi connectivity index (χ0v) is 15.8. The molecular weight excluding hydrogens is 393 g/mol. The number of aryl methyl sites for hydroxylation is 1. The minimum absolute atomic E-state index is 0.349. The molecule has 0 aromatic heterocycles. The highest BCUT2D eigenvalue weighted by molar-refractivity contribution is 9.12. The maximum absolute atomic E-state index is 6.22. The predicted molar refractivity (Wildman–Crippen MR) is 94.8 cm³/mol. The van der Waals surface area contributed by atoms with Gasteiger partial charge in [0, 0.05) is 6.07 Å². The van der Waals surface area contributed by atoms with Crippen LogP contribution in [0.1, 0.15) is 19.4 Å². The minimum atomic E-state index is 0.349. The van der Waals surface area contributed by atoms with E-state index in [1.165, 1.54) is 0 Å². The van der Waals surface area contributed by atoms with Crippen LogP contribution in [0.2, 0.25) is 5.02 Å². The lowest BCUT2D eigenvalue weighted by Crippen LogP contribution is -2.06. The summed E-state index contributed by atoms with van der Waals surface area (Å²) >= 11 is 15.0. The first-order chi connectivity index (χ1) is 10.4. The SMILES string of the molecule is CC(C)=NOCCOc1c(C)cc(OC/C=C(\Cl)Br)cc1Cl. The molecule has 1 aromatic rings. The number of ether oxygens (including phenoxy) is 2. The summed E-state index contributed by atoms with van der Waals surface area (Å²) in [6.45, 7) is 6.68. The van der Waals surface area contributed by atoms with E-state index in [-0.39, 0.29) is 0 Å². The average molecular weight is 411 g/mol. The molecule has 0 N–H and O–H groups in total. The van der Waals surface area contributed by atoms with Crippen molar-refractivity contribution >= 4 is 44.8 Å². The largest absolute Gasteiger partial charge is 0.489 e. The Morgan fingerprint density at radius 2 is 2.00 bits per heavy atom. The maximum Gasteiger partial charge on any atom is 0.151 e. The van der Waals surface area contributed by atoms with E-state index in [4.69, 9.17) is 37.5 Å². The molecule has 0 amide bonds. The number of oxime groups is 1. The third-order valence-electron chi connectivity index (χ3n) is 2.36. The fraction of sp³-hybridized carbons (Fsp3) is 0.400. The Morgan fingerprint density at radius 1 is 1.27 bits per heavy atom. The molecule has 0 atom stereocenters. The van der Waals surface area contributed by atoms with E-state index in [2.05, 4.69) is 21.1 Å². The van der Waals surface area contributed by atoms with Gasteiger partial charge in [-0.05, 0) is 54.4 Å². The summed E-state index contributed by atoms with van der Waals surface area (Å²) in [6, 6.07) is 3.56. The topological polar surface area (TPSA) is 40.0 Å². The summed E-state index contributed by atoms with van der Waals surface area (Å²) in [5.74, 6) is 1.27. The van der Waals surface area contributed by atoms with Crippen molar-refractivity contribution in [1.82, 2.24) is 0 Å². The molecule has 1 aromatic carbocycles. The molecule has 0 bridgehead atoms. The van der Waals surface area contributed by atoms with Gasteiger partial charge in [0.1, 0.15) is 24.7 Å². The number of hydrogen-bond donors (Lipinski definition) is 0. The summed E-state index contributed by atoms with van der Waals surface area (Å²) in [4.78, 5) is 5.07. The van der Waals surface area contributed by atoms with Crippen LogP contribution < -0.4 is 9.47 Å². The van der Waals surface area contributed by atoms with E-state index in [1.54, 1.807) is 12.1 Å². The first kappa shape index (κ1) is 19.1. The normalized spacial score (nSPS) is 11.1. The van der Waals surface area contributed by atoms with Crippen molar-refractivity contribution in [2.24, 2.45) is 5.16 Å². The van der Waals surface area contributed by atoms with Gasteiger partial charge in [0.15, 0.2) is 6.61 Å². The summed E-state index contributed by atoms with van der Waals surface area (Å²) in [7, 11) is 0. The van der Waals surface area contributed by atoms with Crippen LogP contribution in [0.25, 0.3) is 0 Å². The Morgan fingerprint density at radius 3 is 2.59 bits per heavy atom. The van der Waals surface area contributed by atoms with Crippen LogP contribution in [0.5, 0.6) is 11.5 Å². The molecule has 0 saturated carbocycles. The van der Waals surface area contributed by atoms with Gasteiger partial charge in [-0.3, -0.25) is 0 Å². The molecule has 0 spiro atoms. The second kappa shape index (κ2) is 9.98. The highest BCUT2D eigenvalue weighted by atomic mass is 79.9. The first-order valence-electron chi connectivity index (χ1n) is 6.60. The maximum atomic E-state index is 6.22. The van der Waals surface area contributed by atoms with Crippen LogP contribution in [0.15, 0.2) is 27.3 Å². The van der Waals surface area contributed by atoms with Crippen molar-refractivity contribution in [3.63, 3.8) is 0 Å². The van der Waals surface area contributed by atoms with Crippen LogP contribution in [-0.2, 0) is 4.84 Å². The highest BCUT2D eigenvalue weighted by Crippen LogP contribution is 2.33. The standard InChI is InChI=1S/C15H18BrCl2NO3/c1-10(2)19-22-7-6-21-15-11(3)8-12(9-13(15)17)20-5-4-14(16)18/h4,8-9H,5-7H2,1-3H3/b14-4-. The van der Waals surface area contributed by atoms with E-state index in [9.17, 15) is 0 Å². The lowest BCUT2D eigenvalue weighted by molar-refractivity contribution is 0.106. The fourth-order valence-electron chi connectivity index (χ4n) is 1.52. The van der Waals surface area contributed by atoms with E-state index >= 15 is 0 Å². The molecule has 0 radical (unpaired) electrons. The lowest BCUT2D eigenvalue weighted by atomic mass is 10.2. The molecule has 22 heavy (non-hydrogen) atoms. The minimum Gasteiger partial charge on any atom is -0.489 e. The van der Waals surface area contributed by atoms with Gasteiger partial charge < -0.3 is 14.3 Å². The van der Waals surface area contributed by atoms with Crippen molar-refractivity contribution in [2.75, 3.05) is 19.8 Å². The van der Waals surface area contributed by atoms with Crippen molar-refractivity contribution in [1.29, 1.82) is 0 Å². The molecular formula is C15H18BrCl2NO3. The summed E-state index contributed by atoms with van der Waals surface area (Å²) in [5, 5.41) is 4.31. The number of hydrogen-bond acceptors (Lipinski definition) is 4. The molecule has 0 fully saturated rings. The fourth-order valence-corrected chi connectivity index (χ4v) is 2.03. The van der Waals surface area contributed by atoms with Gasteiger partial charge in [-0.2, -0.15) is 0 Å². The first-order valence-corrected chi connectivity index (χ1v) is 8.15. The average Bonchev–Trinajstić information content (AvgIpc) is 2.40. The van der Waals surface area contributed by atoms with Crippen LogP contribution in [0, 0.1) is 6.92 Å². The lowest BCUT2D eigenvalue weighted by Gasteiger charge is -2.13. The summed E-state index contributed by atoms with van der Waals surface area (Å²) in [6.07, 6.45) is 1.70. The van der Waals surface area contributed by atoms with Crippen LogP contribution >= 0.6 is 39.1 Å². The quantitative estimate of drug-likeness (QED) is 0.332. The van der Waals surface area contributed by atoms with Crippen molar-refractivity contribution < 1.29 is 14.3 Å². The van der Waals surface area contributed by atoms with Crippen molar-refractivity contribution in [3.05, 3.63) is 32.7 Å². The highest BCUT2D eigenvalue weighted by Gasteiger charge is 2.09. The zero-order valence-electron chi connectivity index (χ0n) is 12.7. The molecule has 0 aliphatic carbocycles. The number of rotatable bonds is 8. The Labute approximate surface area is 149 Å². The third-order valence-corrected chi connectivity index (χ3v) is 3.12. The Kier molecular flexibility index (Phi) is 8.68. The van der Waals surface area contributed by atoms with Gasteiger partial charge in [0.25, 0.3) is 0 Å². The van der Waals surface area contributed by atoms with Crippen LogP contribution in [0.4, 0.5) is 0 Å². The molecule has 4 nitrogen and oxygen atoms in total. The number of benzene rings is 1. The van der Waals surface area contributed by atoms with Crippen LogP contribution in [-0.4, -0.2) is 25.5 Å². The summed E-state index contributed by atoms with van der Waals surface area (Å²) < 4.78 is 11.7. The van der Waals surface area contributed by atoms with Gasteiger partial charge in [0.05, 0.1) is 14.7 Å². The molecule has 0 heterocycles. The Hall–Kier alpha value is -0.910. The molecule has 1 rings (SSSR count). The Balaban J connectivity index is 2.58. The molecule has 0 aliphatic rings. The van der Waals surface area contributed by atoms with E-state index in [1.807, 2.05) is 26.8 Å². The smallest absolute Gasteiger partial charge is 0.151 e. The number of halogens is 3. The van der Waals surface area contributed by atoms with Gasteiger partial charge in [-0.1, -0.05) is 28.4 Å². The zero-order chi connectivity index (χ0) is 16.5. The molecule has 0 unspecified atom stereocenters. The molecule has 0 aliphatic heterocycles. The van der Waals surface area contributed by atoms with Crippen LogP contribution in [0.3, 0.4) is 0 Å².